The first-order valence-corrected chi connectivity index (χ1v) is 10.3. The van der Waals surface area contributed by atoms with Gasteiger partial charge in [-0.3, -0.25) is 14.6 Å². The van der Waals surface area contributed by atoms with Crippen molar-refractivity contribution >= 4 is 17.5 Å². The summed E-state index contributed by atoms with van der Waals surface area (Å²) in [6.07, 6.45) is 0.961. The van der Waals surface area contributed by atoms with E-state index < -0.39 is 23.6 Å². The molecule has 0 fully saturated rings. The number of allylic oxidation sites excluding steroid dienone is 2. The predicted octanol–water partition coefficient (Wildman–Crippen LogP) is 4.96. The molecule has 1 aliphatic carbocycles. The van der Waals surface area contributed by atoms with Crippen LogP contribution in [0.5, 0.6) is 0 Å². The van der Waals surface area contributed by atoms with Gasteiger partial charge in [0.15, 0.2) is 5.78 Å². The quantitative estimate of drug-likeness (QED) is 0.676. The second-order valence-electron chi connectivity index (χ2n) is 7.81. The van der Waals surface area contributed by atoms with Crippen molar-refractivity contribution in [3.8, 4) is 0 Å². The Morgan fingerprint density at radius 1 is 1.10 bits per heavy atom. The molecule has 0 bridgehead atoms. The third kappa shape index (κ3) is 3.72. The minimum atomic E-state index is -0.734. The second-order valence-corrected chi connectivity index (χ2v) is 7.81. The highest BCUT2D eigenvalue weighted by Gasteiger charge is 2.44. The number of rotatable bonds is 4. The Morgan fingerprint density at radius 3 is 2.53 bits per heavy atom. The number of carbonyl (C=O) groups is 2. The molecule has 5 heteroatoms. The zero-order chi connectivity index (χ0) is 21.3. The number of nitrogens with zero attached hydrogens (tertiary/aromatic N) is 1. The number of hydrogen-bond donors (Lipinski definition) is 0. The summed E-state index contributed by atoms with van der Waals surface area (Å²) >= 11 is 0. The van der Waals surface area contributed by atoms with Gasteiger partial charge >= 0.3 is 5.97 Å². The molecule has 1 aliphatic heterocycles. The van der Waals surface area contributed by atoms with Crippen molar-refractivity contribution in [2.24, 2.45) is 10.9 Å². The molecule has 0 amide bonds. The van der Waals surface area contributed by atoms with Crippen molar-refractivity contribution in [3.63, 3.8) is 0 Å². The van der Waals surface area contributed by atoms with Gasteiger partial charge in [0.2, 0.25) is 0 Å². The van der Waals surface area contributed by atoms with Gasteiger partial charge in [-0.2, -0.15) is 0 Å². The maximum Gasteiger partial charge on any atom is 0.315 e. The normalized spacial score (nSPS) is 23.6. The van der Waals surface area contributed by atoms with Gasteiger partial charge in [0.25, 0.3) is 0 Å². The molecule has 0 aromatic heterocycles. The van der Waals surface area contributed by atoms with Gasteiger partial charge in [0, 0.05) is 29.3 Å². The molecule has 2 aromatic rings. The lowest BCUT2D eigenvalue weighted by molar-refractivity contribution is -0.146. The summed E-state index contributed by atoms with van der Waals surface area (Å²) in [5.41, 5.74) is 3.52. The molecule has 2 aliphatic rings. The van der Waals surface area contributed by atoms with Crippen LogP contribution in [0, 0.1) is 11.7 Å². The van der Waals surface area contributed by atoms with Gasteiger partial charge in [-0.1, -0.05) is 42.5 Å². The molecule has 0 radical (unpaired) electrons. The van der Waals surface area contributed by atoms with Crippen LogP contribution >= 0.6 is 0 Å². The summed E-state index contributed by atoms with van der Waals surface area (Å²) in [5, 5.41) is 0. The van der Waals surface area contributed by atoms with Gasteiger partial charge in [-0.25, -0.2) is 4.39 Å². The molecule has 0 N–H and O–H groups in total. The van der Waals surface area contributed by atoms with Gasteiger partial charge in [-0.05, 0) is 49.4 Å². The average Bonchev–Trinajstić information content (AvgIpc) is 2.73. The number of ether oxygens (including phenoxy) is 1. The van der Waals surface area contributed by atoms with Crippen molar-refractivity contribution in [3.05, 3.63) is 82.8 Å². The third-order valence-corrected chi connectivity index (χ3v) is 5.91. The Labute approximate surface area is 175 Å². The maximum atomic E-state index is 14.1. The summed E-state index contributed by atoms with van der Waals surface area (Å²) in [7, 11) is 0. The lowest BCUT2D eigenvalue weighted by atomic mass is 9.69. The molecule has 0 saturated heterocycles. The van der Waals surface area contributed by atoms with Crippen LogP contribution in [0.1, 0.15) is 49.7 Å². The molecule has 3 atom stereocenters. The van der Waals surface area contributed by atoms with Crippen LogP contribution in [0.2, 0.25) is 0 Å². The smallest absolute Gasteiger partial charge is 0.315 e. The van der Waals surface area contributed by atoms with E-state index in [0.717, 1.165) is 5.56 Å². The highest BCUT2D eigenvalue weighted by molar-refractivity contribution is 6.09. The number of esters is 1. The summed E-state index contributed by atoms with van der Waals surface area (Å²) < 4.78 is 19.3. The second kappa shape index (κ2) is 8.34. The molecule has 1 heterocycles. The fraction of sp³-hybridized carbons (Fsp3) is 0.320. The SMILES string of the molecule is CCOC(=O)C1C(C)=NC2=C(C(=O)C[C@H](c3ccccc3)C2)[C@H]1c1cccc(F)c1. The van der Waals surface area contributed by atoms with E-state index in [4.69, 9.17) is 9.73 Å². The molecule has 30 heavy (non-hydrogen) atoms. The van der Waals surface area contributed by atoms with Crippen LogP contribution in [0.25, 0.3) is 0 Å². The first-order chi connectivity index (χ1) is 14.5. The molecule has 0 saturated carbocycles. The van der Waals surface area contributed by atoms with Crippen LogP contribution in [0.3, 0.4) is 0 Å². The molecule has 0 spiro atoms. The fourth-order valence-corrected chi connectivity index (χ4v) is 4.62. The first-order valence-electron chi connectivity index (χ1n) is 10.3. The predicted molar refractivity (Wildman–Crippen MR) is 113 cm³/mol. The van der Waals surface area contributed by atoms with E-state index >= 15 is 0 Å². The van der Waals surface area contributed by atoms with Crippen molar-refractivity contribution in [1.82, 2.24) is 0 Å². The highest BCUT2D eigenvalue weighted by atomic mass is 19.1. The summed E-state index contributed by atoms with van der Waals surface area (Å²) in [5.74, 6) is -2.15. The number of hydrogen-bond acceptors (Lipinski definition) is 4. The van der Waals surface area contributed by atoms with Crippen LogP contribution in [0.15, 0.2) is 70.9 Å². The number of benzene rings is 2. The Hall–Kier alpha value is -3.08. The Bertz CT molecular complexity index is 1040. The molecule has 4 nitrogen and oxygen atoms in total. The van der Waals surface area contributed by atoms with Gasteiger partial charge in [-0.15, -0.1) is 0 Å². The fourth-order valence-electron chi connectivity index (χ4n) is 4.62. The molecule has 2 aromatic carbocycles. The minimum absolute atomic E-state index is 0.0371. The topological polar surface area (TPSA) is 55.7 Å². The van der Waals surface area contributed by atoms with E-state index in [1.54, 1.807) is 26.0 Å². The van der Waals surface area contributed by atoms with Crippen molar-refractivity contribution in [1.29, 1.82) is 0 Å². The summed E-state index contributed by atoms with van der Waals surface area (Å²) in [6.45, 7) is 3.76. The first kappa shape index (κ1) is 20.2. The van der Waals surface area contributed by atoms with Gasteiger partial charge in [0.05, 0.1) is 6.61 Å². The Morgan fingerprint density at radius 2 is 1.83 bits per heavy atom. The maximum absolute atomic E-state index is 14.1. The standard InChI is InChI=1S/C25H24FNO3/c1-3-30-25(29)22-15(2)27-20-13-18(16-8-5-4-6-9-16)14-21(28)24(20)23(22)17-10-7-11-19(26)12-17/h4-12,18,22-23H,3,13-14H2,1-2H3/t18-,22?,23+/m1/s1. The third-order valence-electron chi connectivity index (χ3n) is 5.91. The van der Waals surface area contributed by atoms with Crippen LogP contribution < -0.4 is 0 Å². The molecular weight excluding hydrogens is 381 g/mol. The van der Waals surface area contributed by atoms with E-state index in [1.807, 2.05) is 30.3 Å². The van der Waals surface area contributed by atoms with Gasteiger partial charge in [0.1, 0.15) is 11.7 Å². The zero-order valence-electron chi connectivity index (χ0n) is 17.1. The Balaban J connectivity index is 1.81. The molecule has 154 valence electrons. The van der Waals surface area contributed by atoms with Crippen LogP contribution in [0.4, 0.5) is 4.39 Å². The van der Waals surface area contributed by atoms with Crippen molar-refractivity contribution < 1.29 is 18.7 Å². The summed E-state index contributed by atoms with van der Waals surface area (Å²) in [4.78, 5) is 30.8. The summed E-state index contributed by atoms with van der Waals surface area (Å²) in [6, 6.07) is 16.0. The number of halogens is 1. The van der Waals surface area contributed by atoms with Crippen LogP contribution in [-0.2, 0) is 14.3 Å². The molecule has 1 unspecified atom stereocenters. The largest absolute Gasteiger partial charge is 0.465 e. The molecule has 4 rings (SSSR count). The number of aliphatic imine (C=N–C) groups is 1. The van der Waals surface area contributed by atoms with E-state index in [1.165, 1.54) is 12.1 Å². The van der Waals surface area contributed by atoms with E-state index in [-0.39, 0.29) is 18.3 Å². The monoisotopic (exact) mass is 405 g/mol. The lowest BCUT2D eigenvalue weighted by Crippen LogP contribution is -2.38. The Kier molecular flexibility index (Phi) is 5.62. The lowest BCUT2D eigenvalue weighted by Gasteiger charge is -2.36. The number of Topliss-reactive ketones (excluding diaryl/α,β-unsaturated/α-hetero) is 1. The average molecular weight is 405 g/mol. The van der Waals surface area contributed by atoms with E-state index in [2.05, 4.69) is 0 Å². The van der Waals surface area contributed by atoms with Crippen LogP contribution in [-0.4, -0.2) is 24.1 Å². The number of ketones is 1. The number of carbonyl (C=O) groups excluding carboxylic acids is 2. The van der Waals surface area contributed by atoms with Crippen molar-refractivity contribution in [2.75, 3.05) is 6.61 Å². The molecular formula is C25H24FNO3. The zero-order valence-corrected chi connectivity index (χ0v) is 17.1. The van der Waals surface area contributed by atoms with Gasteiger partial charge < -0.3 is 4.74 Å². The minimum Gasteiger partial charge on any atom is -0.465 e. The van der Waals surface area contributed by atoms with E-state index in [0.29, 0.717) is 35.4 Å². The highest BCUT2D eigenvalue weighted by Crippen LogP contribution is 2.46. The van der Waals surface area contributed by atoms with Crippen molar-refractivity contribution in [2.45, 2.75) is 38.5 Å². The van der Waals surface area contributed by atoms with E-state index in [9.17, 15) is 14.0 Å².